The molecule has 0 atom stereocenters. The van der Waals surface area contributed by atoms with Crippen LogP contribution in [0.1, 0.15) is 95.5 Å². The smallest absolute Gasteiger partial charge is 0.423 e. The minimum atomic E-state index is -6.10. The predicted molar refractivity (Wildman–Crippen MR) is 163 cm³/mol. The summed E-state index contributed by atoms with van der Waals surface area (Å²) in [6.07, 6.45) is 3.12. The van der Waals surface area contributed by atoms with Crippen molar-refractivity contribution in [1.29, 1.82) is 0 Å². The number of unbranched alkanes of at least 4 members (excludes halogenated alkanes) is 2. The van der Waals surface area contributed by atoms with Crippen molar-refractivity contribution in [2.75, 3.05) is 0 Å². The lowest BCUT2D eigenvalue weighted by atomic mass is 9.68. The fraction of sp³-hybridized carbons (Fsp3) is 0.514. The van der Waals surface area contributed by atoms with Gasteiger partial charge in [0, 0.05) is 5.56 Å². The molecule has 2 saturated carbocycles. The van der Waals surface area contributed by atoms with Crippen molar-refractivity contribution in [3.63, 3.8) is 0 Å². The maximum atomic E-state index is 15.4. The van der Waals surface area contributed by atoms with E-state index in [0.29, 0.717) is 17.2 Å². The molecule has 250 valence electrons. The molecule has 0 N–H and O–H groups in total. The minimum Gasteiger partial charge on any atom is -0.423 e. The molecule has 1 nitrogen and oxygen atoms in total. The van der Waals surface area contributed by atoms with Crippen LogP contribution in [0.5, 0.6) is 5.75 Å². The zero-order valence-corrected chi connectivity index (χ0v) is 25.9. The van der Waals surface area contributed by atoms with Crippen molar-refractivity contribution < 1.29 is 39.9 Å². The first-order chi connectivity index (χ1) is 21.9. The highest BCUT2D eigenvalue weighted by atomic mass is 19.4. The monoisotopic (exact) mass is 652 g/mol. The first kappa shape index (κ1) is 34.2. The molecule has 0 unspecified atom stereocenters. The first-order valence-corrected chi connectivity index (χ1v) is 16.4. The fourth-order valence-corrected chi connectivity index (χ4v) is 7.44. The summed E-state index contributed by atoms with van der Waals surface area (Å²) in [4.78, 5) is 0. The molecule has 5 rings (SSSR count). The van der Waals surface area contributed by atoms with Crippen LogP contribution >= 0.6 is 0 Å². The number of rotatable bonds is 10. The molecule has 3 aromatic carbocycles. The summed E-state index contributed by atoms with van der Waals surface area (Å²) in [7, 11) is 0. The van der Waals surface area contributed by atoms with Crippen LogP contribution in [0.25, 0.3) is 22.3 Å². The van der Waals surface area contributed by atoms with Gasteiger partial charge in [-0.2, -0.15) is 26.3 Å². The van der Waals surface area contributed by atoms with Gasteiger partial charge in [-0.25, -0.2) is 8.78 Å². The average molecular weight is 653 g/mol. The summed E-state index contributed by atoms with van der Waals surface area (Å²) in [5.74, 6) is -2.84. The number of ether oxygens (including phenoxy) is 1. The molecule has 0 aromatic heterocycles. The van der Waals surface area contributed by atoms with Crippen LogP contribution in [0.3, 0.4) is 0 Å². The molecule has 0 amide bonds. The molecule has 3 aromatic rings. The summed E-state index contributed by atoms with van der Waals surface area (Å²) in [6.45, 7) is 2.25. The van der Waals surface area contributed by atoms with Crippen LogP contribution in [-0.2, 0) is 0 Å². The van der Waals surface area contributed by atoms with Crippen LogP contribution in [-0.4, -0.2) is 12.3 Å². The molecule has 0 heterocycles. The summed E-state index contributed by atoms with van der Waals surface area (Å²) >= 11 is 0. The number of hydrogen-bond donors (Lipinski definition) is 0. The summed E-state index contributed by atoms with van der Waals surface area (Å²) < 4.78 is 112. The third-order valence-corrected chi connectivity index (χ3v) is 10.1. The van der Waals surface area contributed by atoms with E-state index in [2.05, 4.69) is 11.7 Å². The Morgan fingerprint density at radius 1 is 0.652 bits per heavy atom. The van der Waals surface area contributed by atoms with E-state index in [1.54, 1.807) is 12.1 Å². The van der Waals surface area contributed by atoms with Gasteiger partial charge >= 0.3 is 12.3 Å². The lowest BCUT2D eigenvalue weighted by molar-refractivity contribution is -0.361. The van der Waals surface area contributed by atoms with Crippen LogP contribution in [0.15, 0.2) is 54.6 Å². The van der Waals surface area contributed by atoms with E-state index in [9.17, 15) is 30.7 Å². The van der Waals surface area contributed by atoms with Crippen molar-refractivity contribution in [2.24, 2.45) is 17.8 Å². The Labute approximate surface area is 265 Å². The zero-order chi connectivity index (χ0) is 33.1. The van der Waals surface area contributed by atoms with E-state index in [1.807, 2.05) is 12.1 Å². The van der Waals surface area contributed by atoms with E-state index in [4.69, 9.17) is 0 Å². The van der Waals surface area contributed by atoms with Crippen molar-refractivity contribution in [2.45, 2.75) is 102 Å². The quantitative estimate of drug-likeness (QED) is 0.156. The maximum absolute atomic E-state index is 15.4. The van der Waals surface area contributed by atoms with Crippen LogP contribution in [0, 0.1) is 35.2 Å². The van der Waals surface area contributed by atoms with Gasteiger partial charge in [-0.15, -0.1) is 0 Å². The fourth-order valence-electron chi connectivity index (χ4n) is 7.44. The minimum absolute atomic E-state index is 0.146. The van der Waals surface area contributed by atoms with E-state index < -0.39 is 29.7 Å². The van der Waals surface area contributed by atoms with Gasteiger partial charge < -0.3 is 4.74 Å². The van der Waals surface area contributed by atoms with E-state index >= 15 is 4.39 Å². The lowest BCUT2D eigenvalue weighted by Crippen LogP contribution is -2.42. The summed E-state index contributed by atoms with van der Waals surface area (Å²) in [5, 5.41) is 0. The Kier molecular flexibility index (Phi) is 10.7. The largest absolute Gasteiger partial charge is 0.499 e. The zero-order valence-electron chi connectivity index (χ0n) is 25.9. The summed E-state index contributed by atoms with van der Waals surface area (Å²) in [6, 6.07) is 12.5. The van der Waals surface area contributed by atoms with E-state index in [1.165, 1.54) is 69.6 Å². The predicted octanol–water partition coefficient (Wildman–Crippen LogP) is 12.6. The van der Waals surface area contributed by atoms with Gasteiger partial charge in [0.15, 0.2) is 11.6 Å². The number of hydrogen-bond acceptors (Lipinski definition) is 1. The van der Waals surface area contributed by atoms with Crippen molar-refractivity contribution in [1.82, 2.24) is 0 Å². The molecule has 2 fully saturated rings. The summed E-state index contributed by atoms with van der Waals surface area (Å²) in [5.41, 5.74) is 1.72. The average Bonchev–Trinajstić information content (AvgIpc) is 3.03. The molecule has 2 aliphatic rings. The Balaban J connectivity index is 1.19. The first-order valence-electron chi connectivity index (χ1n) is 16.4. The number of alkyl halides is 5. The maximum Gasteiger partial charge on any atom is 0.499 e. The molecule has 0 aliphatic heterocycles. The molecular weight excluding hydrogens is 612 g/mol. The van der Waals surface area contributed by atoms with Gasteiger partial charge in [0.05, 0.1) is 0 Å². The van der Waals surface area contributed by atoms with E-state index in [-0.39, 0.29) is 22.9 Å². The van der Waals surface area contributed by atoms with Gasteiger partial charge in [-0.05, 0) is 103 Å². The molecule has 9 heteroatoms. The van der Waals surface area contributed by atoms with Gasteiger partial charge in [0.2, 0.25) is 5.82 Å². The Morgan fingerprint density at radius 3 is 1.83 bits per heavy atom. The van der Waals surface area contributed by atoms with Crippen LogP contribution in [0.2, 0.25) is 0 Å². The van der Waals surface area contributed by atoms with Gasteiger partial charge in [-0.3, -0.25) is 0 Å². The van der Waals surface area contributed by atoms with Crippen molar-refractivity contribution >= 4 is 0 Å². The second-order valence-electron chi connectivity index (χ2n) is 13.1. The van der Waals surface area contributed by atoms with Gasteiger partial charge in [0.25, 0.3) is 0 Å². The molecule has 0 bridgehead atoms. The molecule has 0 saturated heterocycles. The van der Waals surface area contributed by atoms with Crippen LogP contribution < -0.4 is 4.74 Å². The molecule has 0 spiro atoms. The lowest BCUT2D eigenvalue weighted by Gasteiger charge is -2.38. The SMILES string of the molecule is CCCCCC1CCC(C2CCC(c3ccc(-c4ccc(-c5ccc(OC(F)(F)C(F)(F)F)c(F)c5F)cc4)cc3F)CC2)CC1. The van der Waals surface area contributed by atoms with E-state index in [0.717, 1.165) is 55.1 Å². The van der Waals surface area contributed by atoms with Crippen molar-refractivity contribution in [3.05, 3.63) is 77.6 Å². The molecule has 0 radical (unpaired) electrons. The van der Waals surface area contributed by atoms with Crippen LogP contribution in [0.4, 0.5) is 35.1 Å². The second kappa shape index (κ2) is 14.3. The highest BCUT2D eigenvalue weighted by molar-refractivity contribution is 5.71. The Hall–Kier alpha value is -3.10. The third kappa shape index (κ3) is 7.71. The van der Waals surface area contributed by atoms with Gasteiger partial charge in [0.1, 0.15) is 5.82 Å². The molecular formula is C37H40F8O. The number of halogens is 8. The molecule has 2 aliphatic carbocycles. The molecule has 46 heavy (non-hydrogen) atoms. The normalized spacial score (nSPS) is 22.5. The second-order valence-corrected chi connectivity index (χ2v) is 13.1. The number of benzene rings is 3. The third-order valence-electron chi connectivity index (χ3n) is 10.1. The highest BCUT2D eigenvalue weighted by Crippen LogP contribution is 2.45. The Morgan fingerprint density at radius 2 is 1.24 bits per heavy atom. The van der Waals surface area contributed by atoms with Crippen molar-refractivity contribution in [3.8, 4) is 28.0 Å². The topological polar surface area (TPSA) is 9.23 Å². The Bertz CT molecular complexity index is 1450. The standard InChI is InChI=1S/C37H40F8O/c1-2-3-4-5-23-6-8-24(9-7-23)25-10-14-27(15-11-25)30-19-18-29(22-32(30)38)26-12-16-28(17-13-26)31-20-21-33(35(40)34(31)39)46-37(44,45)36(41,42)43/h12-13,16-25,27H,2-11,14-15H2,1H3. The highest BCUT2D eigenvalue weighted by Gasteiger charge is 2.61. The van der Waals surface area contributed by atoms with Gasteiger partial charge in [-0.1, -0.05) is 81.8 Å².